The predicted octanol–water partition coefficient (Wildman–Crippen LogP) is 2.64. The third kappa shape index (κ3) is 4.53. The lowest BCUT2D eigenvalue weighted by Crippen LogP contribution is -2.34. The number of carbonyl (C=O) groups is 4. The number of rotatable bonds is 5. The van der Waals surface area contributed by atoms with Gasteiger partial charge in [0.1, 0.15) is 0 Å². The monoisotopic (exact) mass is 406 g/mol. The highest BCUT2D eigenvalue weighted by atomic mass is 35.5. The van der Waals surface area contributed by atoms with Crippen LogP contribution in [0.2, 0.25) is 5.02 Å². The number of amides is 3. The van der Waals surface area contributed by atoms with E-state index in [-0.39, 0.29) is 11.5 Å². The van der Waals surface area contributed by atoms with Crippen molar-refractivity contribution in [2.75, 3.05) is 18.1 Å². The molecule has 2 aromatic rings. The number of hydrogen-bond acceptors (Lipinski definition) is 6. The summed E-state index contributed by atoms with van der Waals surface area (Å²) in [6.07, 6.45) is 1.08. The molecule has 9 heteroatoms. The molecule has 1 aromatic heterocycles. The Bertz CT molecular complexity index is 897. The highest BCUT2D eigenvalue weighted by Gasteiger charge is 2.27. The highest BCUT2D eigenvalue weighted by molar-refractivity contribution is 7.12. The van der Waals surface area contributed by atoms with Crippen molar-refractivity contribution in [3.8, 4) is 0 Å². The molecule has 1 aliphatic rings. The first kappa shape index (κ1) is 19.1. The first-order chi connectivity index (χ1) is 13.0. The van der Waals surface area contributed by atoms with Crippen LogP contribution in [0, 0.1) is 0 Å². The maximum Gasteiger partial charge on any atom is 0.340 e. The summed E-state index contributed by atoms with van der Waals surface area (Å²) in [5.74, 6) is -2.18. The molecule has 1 aromatic carbocycles. The summed E-state index contributed by atoms with van der Waals surface area (Å²) < 4.78 is 5.00. The van der Waals surface area contributed by atoms with Crippen LogP contribution in [-0.2, 0) is 14.3 Å². The Balaban J connectivity index is 1.65. The van der Waals surface area contributed by atoms with Gasteiger partial charge in [0.15, 0.2) is 6.61 Å². The second-order valence-electron chi connectivity index (χ2n) is 5.74. The minimum absolute atomic E-state index is 0.106. The van der Waals surface area contributed by atoms with Gasteiger partial charge in [-0.25, -0.2) is 4.79 Å². The molecule has 0 spiro atoms. The summed E-state index contributed by atoms with van der Waals surface area (Å²) >= 11 is 7.18. The summed E-state index contributed by atoms with van der Waals surface area (Å²) in [6.45, 7) is -0.138. The largest absolute Gasteiger partial charge is 0.452 e. The second kappa shape index (κ2) is 8.32. The third-order valence-corrected chi connectivity index (χ3v) is 4.98. The molecule has 1 fully saturated rings. The number of nitrogens with one attached hydrogen (secondary N) is 1. The molecule has 0 aliphatic carbocycles. The molecule has 3 amide bonds. The Morgan fingerprint density at radius 2 is 2.07 bits per heavy atom. The molecule has 3 rings (SSSR count). The lowest BCUT2D eigenvalue weighted by Gasteiger charge is -2.19. The zero-order chi connectivity index (χ0) is 19.4. The first-order valence-electron chi connectivity index (χ1n) is 8.10. The van der Waals surface area contributed by atoms with Gasteiger partial charge in [0, 0.05) is 18.0 Å². The molecule has 1 N–H and O–H groups in total. The van der Waals surface area contributed by atoms with Crippen LogP contribution in [0.25, 0.3) is 0 Å². The maximum absolute atomic E-state index is 12.4. The summed E-state index contributed by atoms with van der Waals surface area (Å²) in [5.41, 5.74) is 0.483. The van der Waals surface area contributed by atoms with Gasteiger partial charge in [-0.2, -0.15) is 0 Å². The van der Waals surface area contributed by atoms with Crippen molar-refractivity contribution in [1.82, 2.24) is 5.32 Å². The van der Waals surface area contributed by atoms with Crippen LogP contribution in [0.4, 0.5) is 5.69 Å². The average molecular weight is 407 g/mol. The molecule has 0 saturated carbocycles. The minimum atomic E-state index is -0.778. The van der Waals surface area contributed by atoms with Gasteiger partial charge < -0.3 is 9.64 Å². The fourth-order valence-corrected chi connectivity index (χ4v) is 3.43. The summed E-state index contributed by atoms with van der Waals surface area (Å²) in [7, 11) is 0. The fraction of sp³-hybridized carbons (Fsp3) is 0.222. The topological polar surface area (TPSA) is 92.8 Å². The first-order valence-corrected chi connectivity index (χ1v) is 9.36. The van der Waals surface area contributed by atoms with E-state index in [1.807, 2.05) is 0 Å². The number of imide groups is 1. The van der Waals surface area contributed by atoms with E-state index in [2.05, 4.69) is 5.32 Å². The number of nitrogens with zero attached hydrogens (tertiary/aromatic N) is 1. The maximum atomic E-state index is 12.4. The molecule has 0 bridgehead atoms. The van der Waals surface area contributed by atoms with Crippen LogP contribution in [0.1, 0.15) is 32.9 Å². The van der Waals surface area contributed by atoms with Gasteiger partial charge in [0.25, 0.3) is 11.8 Å². The van der Waals surface area contributed by atoms with Gasteiger partial charge in [-0.3, -0.25) is 19.7 Å². The van der Waals surface area contributed by atoms with E-state index in [1.165, 1.54) is 34.4 Å². The number of benzene rings is 1. The molecule has 0 atom stereocenters. The quantitative estimate of drug-likeness (QED) is 0.770. The van der Waals surface area contributed by atoms with Crippen molar-refractivity contribution in [3.05, 3.63) is 51.2 Å². The number of halogens is 1. The molecular formula is C18H15ClN2O5S. The van der Waals surface area contributed by atoms with Crippen LogP contribution >= 0.6 is 22.9 Å². The van der Waals surface area contributed by atoms with Crippen molar-refractivity contribution >= 4 is 52.3 Å². The lowest BCUT2D eigenvalue weighted by atomic mass is 10.1. The smallest absolute Gasteiger partial charge is 0.340 e. The minimum Gasteiger partial charge on any atom is -0.452 e. The van der Waals surface area contributed by atoms with Gasteiger partial charge in [0.05, 0.1) is 16.1 Å². The van der Waals surface area contributed by atoms with Gasteiger partial charge in [-0.15, -0.1) is 11.3 Å². The van der Waals surface area contributed by atoms with Crippen LogP contribution in [0.15, 0.2) is 35.7 Å². The number of thiophene rings is 1. The molecule has 2 heterocycles. The Kier molecular flexibility index (Phi) is 5.88. The Morgan fingerprint density at radius 1 is 1.26 bits per heavy atom. The summed E-state index contributed by atoms with van der Waals surface area (Å²) in [5, 5.41) is 4.23. The Morgan fingerprint density at radius 3 is 2.74 bits per heavy atom. The lowest BCUT2D eigenvalue weighted by molar-refractivity contribution is -0.123. The molecule has 140 valence electrons. The molecule has 1 aliphatic heterocycles. The average Bonchev–Trinajstić information content (AvgIpc) is 3.31. The third-order valence-electron chi connectivity index (χ3n) is 3.88. The van der Waals surface area contributed by atoms with Crippen molar-refractivity contribution in [2.45, 2.75) is 12.8 Å². The Labute approximate surface area is 163 Å². The summed E-state index contributed by atoms with van der Waals surface area (Å²) in [4.78, 5) is 49.9. The number of ether oxygens (including phenoxy) is 1. The SMILES string of the molecule is O=C(COC(=O)c1ccc(Cl)cc1N1CCCC1=O)NC(=O)c1cccs1. The van der Waals surface area contributed by atoms with Crippen molar-refractivity contribution in [1.29, 1.82) is 0 Å². The van der Waals surface area contributed by atoms with E-state index in [1.54, 1.807) is 17.5 Å². The molecule has 27 heavy (non-hydrogen) atoms. The molecule has 1 saturated heterocycles. The number of anilines is 1. The van der Waals surface area contributed by atoms with Crippen molar-refractivity contribution in [3.63, 3.8) is 0 Å². The predicted molar refractivity (Wildman–Crippen MR) is 100 cm³/mol. The van der Waals surface area contributed by atoms with Crippen LogP contribution in [0.3, 0.4) is 0 Å². The van der Waals surface area contributed by atoms with Crippen LogP contribution in [0.5, 0.6) is 0 Å². The van der Waals surface area contributed by atoms with E-state index in [0.29, 0.717) is 35.0 Å². The van der Waals surface area contributed by atoms with Gasteiger partial charge in [0.2, 0.25) is 5.91 Å². The standard InChI is InChI=1S/C18H15ClN2O5S/c19-11-5-6-12(13(9-11)21-7-1-4-16(21)23)18(25)26-10-15(22)20-17(24)14-3-2-8-27-14/h2-3,5-6,8-9H,1,4,7,10H2,(H,20,22,24). The van der Waals surface area contributed by atoms with Crippen LogP contribution < -0.4 is 10.2 Å². The van der Waals surface area contributed by atoms with Gasteiger partial charge >= 0.3 is 5.97 Å². The highest BCUT2D eigenvalue weighted by Crippen LogP contribution is 2.29. The van der Waals surface area contributed by atoms with Crippen molar-refractivity contribution < 1.29 is 23.9 Å². The van der Waals surface area contributed by atoms with E-state index >= 15 is 0 Å². The van der Waals surface area contributed by atoms with E-state index in [4.69, 9.17) is 16.3 Å². The van der Waals surface area contributed by atoms with Crippen LogP contribution in [-0.4, -0.2) is 36.8 Å². The molecule has 0 radical (unpaired) electrons. The number of esters is 1. The van der Waals surface area contributed by atoms with Gasteiger partial charge in [-0.1, -0.05) is 17.7 Å². The van der Waals surface area contributed by atoms with E-state index in [9.17, 15) is 19.2 Å². The van der Waals surface area contributed by atoms with E-state index in [0.717, 1.165) is 0 Å². The number of hydrogen-bond donors (Lipinski definition) is 1. The molecule has 0 unspecified atom stereocenters. The fourth-order valence-electron chi connectivity index (χ4n) is 2.64. The Hall–Kier alpha value is -2.71. The zero-order valence-corrected chi connectivity index (χ0v) is 15.6. The van der Waals surface area contributed by atoms with E-state index < -0.39 is 24.4 Å². The summed E-state index contributed by atoms with van der Waals surface area (Å²) in [6, 6.07) is 7.72. The van der Waals surface area contributed by atoms with Crippen molar-refractivity contribution in [2.24, 2.45) is 0 Å². The normalized spacial score (nSPS) is 13.5. The zero-order valence-electron chi connectivity index (χ0n) is 14.1. The molecule has 7 nitrogen and oxygen atoms in total. The second-order valence-corrected chi connectivity index (χ2v) is 7.13. The number of carbonyl (C=O) groups excluding carboxylic acids is 4. The van der Waals surface area contributed by atoms with Gasteiger partial charge in [-0.05, 0) is 36.1 Å². The molecular weight excluding hydrogens is 392 g/mol.